The number of hydrogen-bond acceptors (Lipinski definition) is 3. The van der Waals surface area contributed by atoms with E-state index in [-0.39, 0.29) is 11.7 Å². The smallest absolute Gasteiger partial charge is 0.234 e. The van der Waals surface area contributed by atoms with Gasteiger partial charge < -0.3 is 4.90 Å². The standard InChI is InChI=1S/C10H18N2O2S/c1-3-4-8-15(14)9-10(13)12(2)7-5-6-11/h3-5,7-9H2,1-2H3. The molecule has 0 saturated heterocycles. The summed E-state index contributed by atoms with van der Waals surface area (Å²) < 4.78 is 11.4. The number of carbonyl (C=O) groups is 1. The van der Waals surface area contributed by atoms with E-state index in [9.17, 15) is 9.00 Å². The minimum atomic E-state index is -1.05. The predicted molar refractivity (Wildman–Crippen MR) is 60.7 cm³/mol. The zero-order valence-electron chi connectivity index (χ0n) is 9.36. The number of carbonyl (C=O) groups excluding carboxylic acids is 1. The van der Waals surface area contributed by atoms with Crippen LogP contribution in [0.2, 0.25) is 0 Å². The molecule has 0 bridgehead atoms. The van der Waals surface area contributed by atoms with E-state index in [1.807, 2.05) is 13.0 Å². The van der Waals surface area contributed by atoms with Gasteiger partial charge >= 0.3 is 0 Å². The zero-order chi connectivity index (χ0) is 11.7. The molecule has 0 aromatic rings. The van der Waals surface area contributed by atoms with E-state index in [2.05, 4.69) is 0 Å². The predicted octanol–water partition coefficient (Wildman–Crippen LogP) is 0.907. The largest absolute Gasteiger partial charge is 0.344 e. The lowest BCUT2D eigenvalue weighted by Crippen LogP contribution is -2.32. The Morgan fingerprint density at radius 1 is 1.53 bits per heavy atom. The van der Waals surface area contributed by atoms with Crippen LogP contribution in [0.5, 0.6) is 0 Å². The van der Waals surface area contributed by atoms with Gasteiger partial charge in [0.2, 0.25) is 5.91 Å². The van der Waals surface area contributed by atoms with Gasteiger partial charge in [0.15, 0.2) is 0 Å². The van der Waals surface area contributed by atoms with Gasteiger partial charge in [0.1, 0.15) is 5.75 Å². The Morgan fingerprint density at radius 3 is 2.73 bits per heavy atom. The molecule has 1 amide bonds. The van der Waals surface area contributed by atoms with Crippen molar-refractivity contribution >= 4 is 16.7 Å². The second kappa shape index (κ2) is 8.42. The molecule has 5 heteroatoms. The van der Waals surface area contributed by atoms with Crippen LogP contribution in [0, 0.1) is 11.3 Å². The fourth-order valence-electron chi connectivity index (χ4n) is 0.968. The van der Waals surface area contributed by atoms with Gasteiger partial charge in [-0.1, -0.05) is 13.3 Å². The molecule has 4 nitrogen and oxygen atoms in total. The molecule has 0 radical (unpaired) electrons. The summed E-state index contributed by atoms with van der Waals surface area (Å²) in [6.07, 6.45) is 2.20. The fourth-order valence-corrected chi connectivity index (χ4v) is 2.22. The van der Waals surface area contributed by atoms with Crippen molar-refractivity contribution in [3.05, 3.63) is 0 Å². The maximum atomic E-state index is 11.4. The van der Waals surface area contributed by atoms with Crippen LogP contribution in [-0.2, 0) is 15.6 Å². The van der Waals surface area contributed by atoms with E-state index >= 15 is 0 Å². The molecule has 0 rings (SSSR count). The van der Waals surface area contributed by atoms with Crippen LogP contribution in [-0.4, -0.2) is 40.1 Å². The number of hydrogen-bond donors (Lipinski definition) is 0. The van der Waals surface area contributed by atoms with Gasteiger partial charge in [0, 0.05) is 30.1 Å². The third-order valence-electron chi connectivity index (χ3n) is 1.99. The lowest BCUT2D eigenvalue weighted by molar-refractivity contribution is -0.127. The van der Waals surface area contributed by atoms with Crippen molar-refractivity contribution in [3.8, 4) is 6.07 Å². The van der Waals surface area contributed by atoms with Crippen molar-refractivity contribution in [2.45, 2.75) is 26.2 Å². The summed E-state index contributed by atoms with van der Waals surface area (Å²) >= 11 is 0. The van der Waals surface area contributed by atoms with Crippen molar-refractivity contribution < 1.29 is 9.00 Å². The molecule has 15 heavy (non-hydrogen) atoms. The van der Waals surface area contributed by atoms with E-state index < -0.39 is 10.8 Å². The van der Waals surface area contributed by atoms with Crippen LogP contribution in [0.15, 0.2) is 0 Å². The second-order valence-corrected chi connectivity index (χ2v) is 4.94. The molecule has 0 aliphatic rings. The van der Waals surface area contributed by atoms with Gasteiger partial charge in [-0.25, -0.2) is 0 Å². The zero-order valence-corrected chi connectivity index (χ0v) is 10.2. The van der Waals surface area contributed by atoms with Gasteiger partial charge in [-0.2, -0.15) is 5.26 Å². The monoisotopic (exact) mass is 230 g/mol. The van der Waals surface area contributed by atoms with Crippen LogP contribution < -0.4 is 0 Å². The van der Waals surface area contributed by atoms with Crippen LogP contribution in [0.1, 0.15) is 26.2 Å². The maximum absolute atomic E-state index is 11.4. The van der Waals surface area contributed by atoms with Crippen molar-refractivity contribution in [1.82, 2.24) is 4.90 Å². The molecule has 0 N–H and O–H groups in total. The highest BCUT2D eigenvalue weighted by Gasteiger charge is 2.11. The summed E-state index contributed by atoms with van der Waals surface area (Å²) in [5, 5.41) is 8.35. The molecule has 0 spiro atoms. The Kier molecular flexibility index (Phi) is 7.92. The van der Waals surface area contributed by atoms with Gasteiger partial charge in [-0.15, -0.1) is 0 Å². The number of nitrogens with zero attached hydrogens (tertiary/aromatic N) is 2. The molecule has 0 saturated carbocycles. The molecule has 0 heterocycles. The van der Waals surface area contributed by atoms with Crippen LogP contribution >= 0.6 is 0 Å². The van der Waals surface area contributed by atoms with E-state index in [0.29, 0.717) is 18.7 Å². The Balaban J connectivity index is 3.81. The minimum absolute atomic E-state index is 0.0852. The van der Waals surface area contributed by atoms with Crippen molar-refractivity contribution in [1.29, 1.82) is 5.26 Å². The van der Waals surface area contributed by atoms with Crippen molar-refractivity contribution in [2.75, 3.05) is 25.1 Å². The summed E-state index contributed by atoms with van der Waals surface area (Å²) in [5.41, 5.74) is 0. The first kappa shape index (κ1) is 14.1. The summed E-state index contributed by atoms with van der Waals surface area (Å²) in [4.78, 5) is 12.9. The van der Waals surface area contributed by atoms with Gasteiger partial charge in [-0.05, 0) is 6.42 Å². The third kappa shape index (κ3) is 7.09. The molecule has 1 unspecified atom stereocenters. The highest BCUT2D eigenvalue weighted by Crippen LogP contribution is 1.95. The first-order chi connectivity index (χ1) is 7.11. The van der Waals surface area contributed by atoms with Crippen LogP contribution in [0.25, 0.3) is 0 Å². The van der Waals surface area contributed by atoms with E-state index in [1.54, 1.807) is 7.05 Å². The molecule has 0 aliphatic heterocycles. The van der Waals surface area contributed by atoms with E-state index in [1.165, 1.54) is 4.90 Å². The van der Waals surface area contributed by atoms with E-state index in [0.717, 1.165) is 12.8 Å². The molecule has 0 fully saturated rings. The normalized spacial score (nSPS) is 11.8. The molecule has 0 aromatic heterocycles. The molecule has 0 aromatic carbocycles. The highest BCUT2D eigenvalue weighted by molar-refractivity contribution is 7.85. The number of unbranched alkanes of at least 4 members (excludes halogenated alkanes) is 1. The lowest BCUT2D eigenvalue weighted by atomic mass is 10.4. The molecular weight excluding hydrogens is 212 g/mol. The average Bonchev–Trinajstić information content (AvgIpc) is 2.22. The highest BCUT2D eigenvalue weighted by atomic mass is 32.2. The topological polar surface area (TPSA) is 61.2 Å². The summed E-state index contributed by atoms with van der Waals surface area (Å²) in [6.45, 7) is 2.44. The Bertz CT molecular complexity index is 261. The van der Waals surface area contributed by atoms with Crippen LogP contribution in [0.3, 0.4) is 0 Å². The summed E-state index contributed by atoms with van der Waals surface area (Å²) in [6, 6.07) is 1.97. The Hall–Kier alpha value is -0.890. The molecule has 86 valence electrons. The van der Waals surface area contributed by atoms with Crippen molar-refractivity contribution in [3.63, 3.8) is 0 Å². The first-order valence-corrected chi connectivity index (χ1v) is 6.56. The van der Waals surface area contributed by atoms with Crippen LogP contribution in [0.4, 0.5) is 0 Å². The molecular formula is C10H18N2O2S. The second-order valence-electron chi connectivity index (χ2n) is 3.37. The minimum Gasteiger partial charge on any atom is -0.344 e. The van der Waals surface area contributed by atoms with E-state index in [4.69, 9.17) is 5.26 Å². The SMILES string of the molecule is CCCCS(=O)CC(=O)N(C)CCC#N. The number of rotatable bonds is 7. The summed E-state index contributed by atoms with van der Waals surface area (Å²) in [7, 11) is 0.585. The number of amides is 1. The first-order valence-electron chi connectivity index (χ1n) is 5.07. The Morgan fingerprint density at radius 2 is 2.20 bits per heavy atom. The molecule has 0 aliphatic carbocycles. The number of nitriles is 1. The third-order valence-corrected chi connectivity index (χ3v) is 3.31. The fraction of sp³-hybridized carbons (Fsp3) is 0.800. The average molecular weight is 230 g/mol. The van der Waals surface area contributed by atoms with Crippen molar-refractivity contribution in [2.24, 2.45) is 0 Å². The Labute approximate surface area is 93.7 Å². The summed E-state index contributed by atoms with van der Waals surface area (Å²) in [5.74, 6) is 0.538. The van der Waals surface area contributed by atoms with Gasteiger partial charge in [0.05, 0.1) is 12.5 Å². The lowest BCUT2D eigenvalue weighted by Gasteiger charge is -2.14. The van der Waals surface area contributed by atoms with Gasteiger partial charge in [0.25, 0.3) is 0 Å². The quantitative estimate of drug-likeness (QED) is 0.653. The van der Waals surface area contributed by atoms with Gasteiger partial charge in [-0.3, -0.25) is 9.00 Å². The maximum Gasteiger partial charge on any atom is 0.234 e. The molecule has 1 atom stereocenters.